The van der Waals surface area contributed by atoms with Crippen LogP contribution in [0.4, 0.5) is 4.79 Å². The Morgan fingerprint density at radius 2 is 1.56 bits per heavy atom. The van der Waals surface area contributed by atoms with Crippen molar-refractivity contribution in [2.75, 3.05) is 0 Å². The summed E-state index contributed by atoms with van der Waals surface area (Å²) in [6.45, 7) is 5.30. The van der Waals surface area contributed by atoms with Gasteiger partial charge in [-0.1, -0.05) is 66.7 Å². The Kier molecular flexibility index (Phi) is 9.68. The molecule has 0 bridgehead atoms. The molecule has 3 aromatic rings. The van der Waals surface area contributed by atoms with E-state index in [4.69, 9.17) is 4.74 Å². The number of hydrogen-bond acceptors (Lipinski definition) is 6. The highest BCUT2D eigenvalue weighted by atomic mass is 16.6. The largest absolute Gasteiger partial charge is 0.508 e. The van der Waals surface area contributed by atoms with Gasteiger partial charge in [0.1, 0.15) is 11.4 Å². The minimum absolute atomic E-state index is 0.0461. The maximum atomic E-state index is 13.8. The first-order chi connectivity index (χ1) is 19.5. The number of hydrogen-bond donors (Lipinski definition) is 5. The van der Waals surface area contributed by atoms with Crippen LogP contribution in [0.1, 0.15) is 55.5 Å². The standard InChI is InChI=1S/C33H40N2O6/c1-33(2,3)41-32(40)34-27(18-21-9-5-4-6-10-21)28(37)20-24(17-22-13-15-25(36)16-14-22)31(39)35-30-26-12-8-7-11-23(26)19-29(30)38/h4-16,24,27-30,36-38H,17-20H2,1-3H3,(H,34,40)(H,35,39)/t24-,27+,28+,29-,30?/m1/s1. The average Bonchev–Trinajstić information content (AvgIpc) is 3.23. The van der Waals surface area contributed by atoms with Gasteiger partial charge in [0.25, 0.3) is 0 Å². The van der Waals surface area contributed by atoms with E-state index in [0.29, 0.717) is 12.8 Å². The monoisotopic (exact) mass is 560 g/mol. The molecule has 0 heterocycles. The van der Waals surface area contributed by atoms with Crippen molar-refractivity contribution in [3.05, 3.63) is 101 Å². The van der Waals surface area contributed by atoms with Crippen LogP contribution < -0.4 is 10.6 Å². The molecule has 0 aromatic heterocycles. The first-order valence-electron chi connectivity index (χ1n) is 14.0. The van der Waals surface area contributed by atoms with Crippen molar-refractivity contribution in [3.8, 4) is 5.75 Å². The van der Waals surface area contributed by atoms with Gasteiger partial charge in [-0.05, 0) is 74.4 Å². The molecule has 3 aromatic carbocycles. The second kappa shape index (κ2) is 13.2. The highest BCUT2D eigenvalue weighted by molar-refractivity contribution is 5.80. The maximum Gasteiger partial charge on any atom is 0.407 e. The van der Waals surface area contributed by atoms with Gasteiger partial charge in [-0.15, -0.1) is 0 Å². The molecule has 0 saturated heterocycles. The minimum Gasteiger partial charge on any atom is -0.508 e. The number of amides is 2. The van der Waals surface area contributed by atoms with Crippen LogP contribution in [0.15, 0.2) is 78.9 Å². The molecule has 5 atom stereocenters. The number of rotatable bonds is 10. The second-order valence-electron chi connectivity index (χ2n) is 11.8. The van der Waals surface area contributed by atoms with Crippen LogP contribution in [0.5, 0.6) is 5.75 Å². The van der Waals surface area contributed by atoms with Gasteiger partial charge in [0.15, 0.2) is 0 Å². The minimum atomic E-state index is -1.09. The van der Waals surface area contributed by atoms with E-state index in [1.807, 2.05) is 54.6 Å². The van der Waals surface area contributed by atoms with Gasteiger partial charge in [0.05, 0.1) is 24.3 Å². The fraction of sp³-hybridized carbons (Fsp3) is 0.394. The number of ether oxygens (including phenoxy) is 1. The second-order valence-corrected chi connectivity index (χ2v) is 11.8. The van der Waals surface area contributed by atoms with Crippen LogP contribution in [-0.4, -0.2) is 51.2 Å². The van der Waals surface area contributed by atoms with Crippen molar-refractivity contribution >= 4 is 12.0 Å². The number of phenols is 1. The van der Waals surface area contributed by atoms with E-state index in [2.05, 4.69) is 10.6 Å². The van der Waals surface area contributed by atoms with Crippen molar-refractivity contribution in [3.63, 3.8) is 0 Å². The third-order valence-corrected chi connectivity index (χ3v) is 7.28. The Hall–Kier alpha value is -3.88. The van der Waals surface area contributed by atoms with Crippen LogP contribution in [0.3, 0.4) is 0 Å². The number of aliphatic hydroxyl groups excluding tert-OH is 2. The van der Waals surface area contributed by atoms with Gasteiger partial charge in [-0.2, -0.15) is 0 Å². The molecule has 8 heteroatoms. The number of carbonyl (C=O) groups excluding carboxylic acids is 2. The Morgan fingerprint density at radius 1 is 0.927 bits per heavy atom. The summed E-state index contributed by atoms with van der Waals surface area (Å²) >= 11 is 0. The van der Waals surface area contributed by atoms with Gasteiger partial charge in [-0.25, -0.2) is 4.79 Å². The lowest BCUT2D eigenvalue weighted by Gasteiger charge is -2.29. The van der Waals surface area contributed by atoms with Gasteiger partial charge in [0, 0.05) is 12.3 Å². The van der Waals surface area contributed by atoms with Gasteiger partial charge in [-0.3, -0.25) is 4.79 Å². The summed E-state index contributed by atoms with van der Waals surface area (Å²) < 4.78 is 5.46. The zero-order chi connectivity index (χ0) is 29.6. The summed E-state index contributed by atoms with van der Waals surface area (Å²) in [5.41, 5.74) is 2.88. The summed E-state index contributed by atoms with van der Waals surface area (Å²) in [7, 11) is 0. The molecule has 1 aliphatic rings. The van der Waals surface area contributed by atoms with E-state index in [1.54, 1.807) is 45.0 Å². The fourth-order valence-corrected chi connectivity index (χ4v) is 5.28. The van der Waals surface area contributed by atoms with E-state index in [9.17, 15) is 24.9 Å². The van der Waals surface area contributed by atoms with Crippen LogP contribution in [0.2, 0.25) is 0 Å². The van der Waals surface area contributed by atoms with Gasteiger partial charge >= 0.3 is 6.09 Å². The van der Waals surface area contributed by atoms with E-state index in [-0.39, 0.29) is 24.5 Å². The molecule has 5 N–H and O–H groups in total. The number of carbonyl (C=O) groups is 2. The lowest BCUT2D eigenvalue weighted by atomic mass is 9.88. The SMILES string of the molecule is CC(C)(C)OC(=O)N[C@@H](Cc1ccccc1)[C@@H](O)C[C@@H](Cc1ccc(O)cc1)C(=O)NC1c2ccccc2C[C@H]1O. The Labute approximate surface area is 241 Å². The summed E-state index contributed by atoms with van der Waals surface area (Å²) in [6, 6.07) is 22.4. The highest BCUT2D eigenvalue weighted by Gasteiger charge is 2.35. The van der Waals surface area contributed by atoms with Crippen molar-refractivity contribution in [1.29, 1.82) is 0 Å². The molecular weight excluding hydrogens is 520 g/mol. The number of alkyl carbamates (subject to hydrolysis) is 1. The molecule has 1 unspecified atom stereocenters. The Balaban J connectivity index is 1.56. The molecule has 0 saturated carbocycles. The number of aliphatic hydroxyl groups is 2. The number of phenolic OH excluding ortho intramolecular Hbond substituents is 1. The van der Waals surface area contributed by atoms with Crippen molar-refractivity contribution in [2.24, 2.45) is 5.92 Å². The highest BCUT2D eigenvalue weighted by Crippen LogP contribution is 2.32. The number of nitrogens with one attached hydrogen (secondary N) is 2. The van der Waals surface area contributed by atoms with Crippen molar-refractivity contribution < 1.29 is 29.6 Å². The fourth-order valence-electron chi connectivity index (χ4n) is 5.28. The molecule has 8 nitrogen and oxygen atoms in total. The normalized spacial score (nSPS) is 18.6. The van der Waals surface area contributed by atoms with Crippen LogP contribution >= 0.6 is 0 Å². The quantitative estimate of drug-likeness (QED) is 0.253. The first kappa shape index (κ1) is 30.1. The predicted molar refractivity (Wildman–Crippen MR) is 156 cm³/mol. The molecule has 0 spiro atoms. The first-order valence-corrected chi connectivity index (χ1v) is 14.0. The van der Waals surface area contributed by atoms with Gasteiger partial charge < -0.3 is 30.7 Å². The maximum absolute atomic E-state index is 13.8. The number of fused-ring (bicyclic) bond motifs is 1. The topological polar surface area (TPSA) is 128 Å². The van der Waals surface area contributed by atoms with Crippen molar-refractivity contribution in [1.82, 2.24) is 10.6 Å². The predicted octanol–water partition coefficient (Wildman–Crippen LogP) is 4.21. The van der Waals surface area contributed by atoms with Crippen LogP contribution in [0, 0.1) is 5.92 Å². The van der Waals surface area contributed by atoms with Crippen LogP contribution in [0.25, 0.3) is 0 Å². The summed E-state index contributed by atoms with van der Waals surface area (Å²) in [6.07, 6.45) is -1.37. The third kappa shape index (κ3) is 8.55. The molecular formula is C33H40N2O6. The van der Waals surface area contributed by atoms with E-state index >= 15 is 0 Å². The number of aromatic hydroxyl groups is 1. The third-order valence-electron chi connectivity index (χ3n) is 7.28. The van der Waals surface area contributed by atoms with Crippen LogP contribution in [-0.2, 0) is 28.8 Å². The molecule has 0 radical (unpaired) electrons. The number of benzene rings is 3. The molecule has 4 rings (SSSR count). The van der Waals surface area contributed by atoms with E-state index < -0.39 is 41.9 Å². The van der Waals surface area contributed by atoms with Crippen molar-refractivity contribution in [2.45, 2.75) is 76.3 Å². The lowest BCUT2D eigenvalue weighted by molar-refractivity contribution is -0.127. The molecule has 0 aliphatic heterocycles. The summed E-state index contributed by atoms with van der Waals surface area (Å²) in [5, 5.41) is 37.8. The summed E-state index contributed by atoms with van der Waals surface area (Å²) in [5.74, 6) is -0.883. The molecule has 0 fully saturated rings. The molecule has 1 aliphatic carbocycles. The van der Waals surface area contributed by atoms with E-state index in [1.165, 1.54) is 0 Å². The Bertz CT molecular complexity index is 1310. The Morgan fingerprint density at radius 3 is 2.24 bits per heavy atom. The lowest BCUT2D eigenvalue weighted by Crippen LogP contribution is -2.48. The van der Waals surface area contributed by atoms with Gasteiger partial charge in [0.2, 0.25) is 5.91 Å². The smallest absolute Gasteiger partial charge is 0.407 e. The zero-order valence-corrected chi connectivity index (χ0v) is 23.8. The average molecular weight is 561 g/mol. The zero-order valence-electron chi connectivity index (χ0n) is 23.8. The molecule has 2 amide bonds. The summed E-state index contributed by atoms with van der Waals surface area (Å²) in [4.78, 5) is 26.5. The molecule has 218 valence electrons. The molecule has 41 heavy (non-hydrogen) atoms. The van der Waals surface area contributed by atoms with E-state index in [0.717, 1.165) is 22.3 Å².